The van der Waals surface area contributed by atoms with E-state index >= 15 is 0 Å². The Bertz CT molecular complexity index is 616. The number of rotatable bonds is 4. The molecule has 0 aliphatic carbocycles. The van der Waals surface area contributed by atoms with E-state index < -0.39 is 0 Å². The highest BCUT2D eigenvalue weighted by Crippen LogP contribution is 2.33. The zero-order valence-corrected chi connectivity index (χ0v) is 13.3. The summed E-state index contributed by atoms with van der Waals surface area (Å²) in [5.74, 6) is 1.33. The number of halogens is 1. The Balaban J connectivity index is 2.38. The summed E-state index contributed by atoms with van der Waals surface area (Å²) in [5.41, 5.74) is 2.36. The maximum absolute atomic E-state index is 9.80. The van der Waals surface area contributed by atoms with E-state index in [4.69, 9.17) is 16.3 Å². The van der Waals surface area contributed by atoms with E-state index in [0.717, 1.165) is 0 Å². The molecule has 0 aliphatic rings. The zero-order chi connectivity index (χ0) is 15.6. The van der Waals surface area contributed by atoms with Gasteiger partial charge in [0.15, 0.2) is 10.9 Å². The number of benzene rings is 1. The molecule has 1 aromatic heterocycles. The van der Waals surface area contributed by atoms with E-state index in [1.165, 1.54) is 17.2 Å². The number of aromatic nitrogens is 2. The summed E-state index contributed by atoms with van der Waals surface area (Å²) >= 11 is 5.66. The molecule has 2 rings (SSSR count). The van der Waals surface area contributed by atoms with Gasteiger partial charge < -0.3 is 9.84 Å². The van der Waals surface area contributed by atoms with Crippen molar-refractivity contribution in [3.8, 4) is 17.4 Å². The summed E-state index contributed by atoms with van der Waals surface area (Å²) < 4.78 is 5.66. The Morgan fingerprint density at radius 3 is 2.00 bits per heavy atom. The predicted molar refractivity (Wildman–Crippen MR) is 83.4 cm³/mol. The Morgan fingerprint density at radius 1 is 0.952 bits per heavy atom. The van der Waals surface area contributed by atoms with Crippen LogP contribution >= 0.6 is 11.6 Å². The van der Waals surface area contributed by atoms with Crippen LogP contribution in [0.5, 0.6) is 17.4 Å². The van der Waals surface area contributed by atoms with Crippen molar-refractivity contribution in [1.82, 2.24) is 10.2 Å². The number of hydrogen-bond acceptors (Lipinski definition) is 4. The normalized spacial score (nSPS) is 11.2. The van der Waals surface area contributed by atoms with Crippen LogP contribution in [0.1, 0.15) is 50.7 Å². The zero-order valence-electron chi connectivity index (χ0n) is 12.6. The monoisotopic (exact) mass is 306 g/mol. The molecular formula is C16H19ClN2O2. The van der Waals surface area contributed by atoms with Crippen LogP contribution in [-0.2, 0) is 0 Å². The molecule has 112 valence electrons. The molecule has 2 aromatic rings. The Hall–Kier alpha value is -1.81. The van der Waals surface area contributed by atoms with Gasteiger partial charge in [-0.2, -0.15) is 0 Å². The van der Waals surface area contributed by atoms with Gasteiger partial charge in [0, 0.05) is 6.07 Å². The molecule has 4 nitrogen and oxygen atoms in total. The molecule has 0 aliphatic heterocycles. The molecule has 1 N–H and O–H groups in total. The van der Waals surface area contributed by atoms with Gasteiger partial charge in [-0.25, -0.2) is 0 Å². The van der Waals surface area contributed by atoms with Crippen LogP contribution in [0.3, 0.4) is 0 Å². The molecule has 0 saturated carbocycles. The molecule has 5 heteroatoms. The molecule has 1 aromatic carbocycles. The minimum atomic E-state index is -0.129. The SMILES string of the molecule is CC(C)c1cc(Oc2nnc(Cl)cc2O)cc(C(C)C)c1. The summed E-state index contributed by atoms with van der Waals surface area (Å²) in [6, 6.07) is 7.38. The van der Waals surface area contributed by atoms with Gasteiger partial charge >= 0.3 is 0 Å². The molecule has 0 bridgehead atoms. The van der Waals surface area contributed by atoms with Crippen molar-refractivity contribution in [1.29, 1.82) is 0 Å². The first-order valence-electron chi connectivity index (χ1n) is 6.91. The largest absolute Gasteiger partial charge is 0.503 e. The van der Waals surface area contributed by atoms with Crippen molar-refractivity contribution >= 4 is 11.6 Å². The fourth-order valence-electron chi connectivity index (χ4n) is 1.90. The van der Waals surface area contributed by atoms with Crippen molar-refractivity contribution in [2.24, 2.45) is 0 Å². The standard InChI is InChI=1S/C16H19ClN2O2/c1-9(2)11-5-12(10(3)4)7-13(6-11)21-16-14(20)8-15(17)18-19-16/h5-10H,1-4H3,(H,18,20). The van der Waals surface area contributed by atoms with Gasteiger partial charge in [0.05, 0.1) is 0 Å². The third kappa shape index (κ3) is 3.85. The molecule has 0 spiro atoms. The van der Waals surface area contributed by atoms with Crippen molar-refractivity contribution in [2.75, 3.05) is 0 Å². The third-order valence-electron chi connectivity index (χ3n) is 3.21. The van der Waals surface area contributed by atoms with E-state index in [9.17, 15) is 5.11 Å². The van der Waals surface area contributed by atoms with E-state index in [0.29, 0.717) is 17.6 Å². The van der Waals surface area contributed by atoms with Crippen LogP contribution in [0.15, 0.2) is 24.3 Å². The minimum absolute atomic E-state index is 0.0509. The van der Waals surface area contributed by atoms with Gasteiger partial charge in [0.1, 0.15) is 5.75 Å². The van der Waals surface area contributed by atoms with Crippen LogP contribution in [0, 0.1) is 0 Å². The summed E-state index contributed by atoms with van der Waals surface area (Å²) in [4.78, 5) is 0. The lowest BCUT2D eigenvalue weighted by atomic mass is 9.95. The lowest BCUT2D eigenvalue weighted by molar-refractivity contribution is 0.391. The topological polar surface area (TPSA) is 55.2 Å². The van der Waals surface area contributed by atoms with Crippen LogP contribution in [0.4, 0.5) is 0 Å². The van der Waals surface area contributed by atoms with E-state index in [1.807, 2.05) is 12.1 Å². The van der Waals surface area contributed by atoms with Crippen molar-refractivity contribution in [2.45, 2.75) is 39.5 Å². The predicted octanol–water partition coefficient (Wildman–Crippen LogP) is 4.87. The first kappa shape index (κ1) is 15.6. The maximum atomic E-state index is 9.80. The molecule has 1 heterocycles. The van der Waals surface area contributed by atoms with Crippen LogP contribution in [0.2, 0.25) is 5.15 Å². The van der Waals surface area contributed by atoms with Crippen molar-refractivity contribution < 1.29 is 9.84 Å². The second kappa shape index (κ2) is 6.31. The Labute approximate surface area is 129 Å². The molecule has 0 radical (unpaired) electrons. The average Bonchev–Trinajstić information content (AvgIpc) is 2.41. The Kier molecular flexibility index (Phi) is 4.68. The highest BCUT2D eigenvalue weighted by Gasteiger charge is 2.12. The molecular weight excluding hydrogens is 288 g/mol. The van der Waals surface area contributed by atoms with Gasteiger partial charge in [0.2, 0.25) is 0 Å². The highest BCUT2D eigenvalue weighted by molar-refractivity contribution is 6.29. The minimum Gasteiger partial charge on any atom is -0.503 e. The number of ether oxygens (including phenoxy) is 1. The third-order valence-corrected chi connectivity index (χ3v) is 3.40. The van der Waals surface area contributed by atoms with Crippen LogP contribution in [-0.4, -0.2) is 15.3 Å². The number of hydrogen-bond donors (Lipinski definition) is 1. The van der Waals surface area contributed by atoms with E-state index in [2.05, 4.69) is 44.0 Å². The van der Waals surface area contributed by atoms with Gasteiger partial charge in [-0.3, -0.25) is 0 Å². The second-order valence-electron chi connectivity index (χ2n) is 5.60. The quantitative estimate of drug-likeness (QED) is 0.875. The summed E-state index contributed by atoms with van der Waals surface area (Å²) in [7, 11) is 0. The van der Waals surface area contributed by atoms with Crippen LogP contribution < -0.4 is 4.74 Å². The van der Waals surface area contributed by atoms with Gasteiger partial charge in [-0.05, 0) is 35.1 Å². The first-order valence-corrected chi connectivity index (χ1v) is 7.29. The molecule has 0 unspecified atom stereocenters. The van der Waals surface area contributed by atoms with Gasteiger partial charge in [0.25, 0.3) is 5.88 Å². The summed E-state index contributed by atoms with van der Waals surface area (Å²) in [6.45, 7) is 8.51. The van der Waals surface area contributed by atoms with Crippen molar-refractivity contribution in [3.63, 3.8) is 0 Å². The maximum Gasteiger partial charge on any atom is 0.281 e. The number of nitrogens with zero attached hydrogens (tertiary/aromatic N) is 2. The fourth-order valence-corrected chi connectivity index (χ4v) is 2.04. The van der Waals surface area contributed by atoms with E-state index in [-0.39, 0.29) is 16.8 Å². The second-order valence-corrected chi connectivity index (χ2v) is 5.99. The molecule has 0 fully saturated rings. The molecule has 0 atom stereocenters. The average molecular weight is 307 g/mol. The Morgan fingerprint density at radius 2 is 1.52 bits per heavy atom. The lowest BCUT2D eigenvalue weighted by Gasteiger charge is -2.14. The van der Waals surface area contributed by atoms with Crippen molar-refractivity contribution in [3.05, 3.63) is 40.5 Å². The smallest absolute Gasteiger partial charge is 0.281 e. The fraction of sp³-hybridized carbons (Fsp3) is 0.375. The van der Waals surface area contributed by atoms with Gasteiger partial charge in [-0.15, -0.1) is 10.2 Å². The van der Waals surface area contributed by atoms with Crippen LogP contribution in [0.25, 0.3) is 0 Å². The molecule has 0 saturated heterocycles. The lowest BCUT2D eigenvalue weighted by Crippen LogP contribution is -1.97. The number of aromatic hydroxyl groups is 1. The van der Waals surface area contributed by atoms with Gasteiger partial charge in [-0.1, -0.05) is 45.4 Å². The first-order chi connectivity index (χ1) is 9.86. The summed E-state index contributed by atoms with van der Waals surface area (Å²) in [6.07, 6.45) is 0. The van der Waals surface area contributed by atoms with E-state index in [1.54, 1.807) is 0 Å². The molecule has 0 amide bonds. The molecule has 21 heavy (non-hydrogen) atoms. The highest BCUT2D eigenvalue weighted by atomic mass is 35.5. The summed E-state index contributed by atoms with van der Waals surface area (Å²) in [5, 5.41) is 17.4.